The number of nitrogens with one attached hydrogen (secondary N) is 1. The van der Waals surface area contributed by atoms with E-state index >= 15 is 0 Å². The van der Waals surface area contributed by atoms with Crippen LogP contribution < -0.4 is 5.32 Å². The summed E-state index contributed by atoms with van der Waals surface area (Å²) in [7, 11) is 0. The third-order valence-electron chi connectivity index (χ3n) is 3.45. The number of carbonyl (C=O) groups is 1. The molecule has 1 aromatic rings. The number of hydrogen-bond acceptors (Lipinski definition) is 3. The van der Waals surface area contributed by atoms with Crippen molar-refractivity contribution in [2.75, 3.05) is 11.9 Å². The molecule has 0 radical (unpaired) electrons. The number of anilines is 1. The van der Waals surface area contributed by atoms with Crippen molar-refractivity contribution in [1.82, 2.24) is 4.98 Å². The van der Waals surface area contributed by atoms with Crippen LogP contribution >= 0.6 is 0 Å². The number of pyridine rings is 1. The van der Waals surface area contributed by atoms with Gasteiger partial charge in [-0.3, -0.25) is 4.79 Å². The largest absolute Gasteiger partial charge is 0.481 e. The minimum Gasteiger partial charge on any atom is -0.481 e. The number of carboxylic acids is 1. The Labute approximate surface area is 115 Å². The molecule has 1 heterocycles. The monoisotopic (exact) mass is 290 g/mol. The summed E-state index contributed by atoms with van der Waals surface area (Å²) in [6.45, 7) is 3.50. The Hall–Kier alpha value is -1.79. The number of hydrogen-bond donors (Lipinski definition) is 2. The lowest BCUT2D eigenvalue weighted by Gasteiger charge is -2.27. The second kappa shape index (κ2) is 6.11. The number of nitrogens with zero attached hydrogens (tertiary/aromatic N) is 1. The van der Waals surface area contributed by atoms with Gasteiger partial charge in [0.15, 0.2) is 0 Å². The van der Waals surface area contributed by atoms with Gasteiger partial charge in [0.05, 0.1) is 5.41 Å². The Morgan fingerprint density at radius 1 is 1.30 bits per heavy atom. The molecule has 7 heteroatoms. The van der Waals surface area contributed by atoms with Crippen LogP contribution in [0.3, 0.4) is 0 Å². The third-order valence-corrected chi connectivity index (χ3v) is 3.45. The quantitative estimate of drug-likeness (QED) is 0.843. The molecule has 4 nitrogen and oxygen atoms in total. The van der Waals surface area contributed by atoms with E-state index in [0.29, 0.717) is 12.8 Å². The van der Waals surface area contributed by atoms with E-state index in [1.807, 2.05) is 0 Å². The van der Waals surface area contributed by atoms with E-state index in [4.69, 9.17) is 0 Å². The van der Waals surface area contributed by atoms with Gasteiger partial charge >= 0.3 is 12.1 Å². The van der Waals surface area contributed by atoms with Crippen molar-refractivity contribution in [3.63, 3.8) is 0 Å². The Balaban J connectivity index is 2.87. The molecule has 0 aliphatic heterocycles. The van der Waals surface area contributed by atoms with E-state index in [0.717, 1.165) is 6.07 Å². The highest BCUT2D eigenvalue weighted by Gasteiger charge is 2.35. The summed E-state index contributed by atoms with van der Waals surface area (Å²) in [6.07, 6.45) is -3.76. The predicted octanol–water partition coefficient (Wildman–Crippen LogP) is 3.40. The normalized spacial score (nSPS) is 12.2. The predicted molar refractivity (Wildman–Crippen MR) is 68.4 cm³/mol. The molecule has 0 atom stereocenters. The molecule has 0 spiro atoms. The van der Waals surface area contributed by atoms with Gasteiger partial charge in [-0.25, -0.2) is 4.98 Å². The molecule has 20 heavy (non-hydrogen) atoms. The fourth-order valence-electron chi connectivity index (χ4n) is 1.83. The van der Waals surface area contributed by atoms with Crippen molar-refractivity contribution in [1.29, 1.82) is 0 Å². The van der Waals surface area contributed by atoms with Crippen LogP contribution in [0.15, 0.2) is 18.2 Å². The number of rotatable bonds is 6. The SMILES string of the molecule is CCC(CC)(CNc1cccc(C(F)(F)F)n1)C(=O)O. The second-order valence-corrected chi connectivity index (χ2v) is 4.55. The number of aliphatic carboxylic acids is 1. The highest BCUT2D eigenvalue weighted by molar-refractivity contribution is 5.75. The summed E-state index contributed by atoms with van der Waals surface area (Å²) in [4.78, 5) is 14.7. The van der Waals surface area contributed by atoms with E-state index < -0.39 is 23.3 Å². The molecule has 0 saturated carbocycles. The first-order valence-electron chi connectivity index (χ1n) is 6.26. The van der Waals surface area contributed by atoms with Gasteiger partial charge in [0.2, 0.25) is 0 Å². The average molecular weight is 290 g/mol. The Morgan fingerprint density at radius 3 is 2.35 bits per heavy atom. The van der Waals surface area contributed by atoms with E-state index in [1.165, 1.54) is 12.1 Å². The fourth-order valence-corrected chi connectivity index (χ4v) is 1.83. The molecular formula is C13H17F3N2O2. The van der Waals surface area contributed by atoms with Crippen LogP contribution in [0.25, 0.3) is 0 Å². The zero-order valence-corrected chi connectivity index (χ0v) is 11.3. The lowest BCUT2D eigenvalue weighted by Crippen LogP contribution is -2.37. The van der Waals surface area contributed by atoms with Crippen LogP contribution in [0.5, 0.6) is 0 Å². The molecular weight excluding hydrogens is 273 g/mol. The zero-order chi connectivity index (χ0) is 15.4. The molecule has 0 unspecified atom stereocenters. The molecule has 1 rings (SSSR count). The lowest BCUT2D eigenvalue weighted by molar-refractivity contribution is -0.148. The molecule has 0 amide bonds. The van der Waals surface area contributed by atoms with Gasteiger partial charge in [0, 0.05) is 6.54 Å². The highest BCUT2D eigenvalue weighted by Crippen LogP contribution is 2.29. The van der Waals surface area contributed by atoms with Crippen LogP contribution in [-0.2, 0) is 11.0 Å². The minimum absolute atomic E-state index is 0.0207. The highest BCUT2D eigenvalue weighted by atomic mass is 19.4. The van der Waals surface area contributed by atoms with Crippen molar-refractivity contribution < 1.29 is 23.1 Å². The maximum atomic E-state index is 12.5. The molecule has 0 saturated heterocycles. The van der Waals surface area contributed by atoms with Crippen molar-refractivity contribution >= 4 is 11.8 Å². The van der Waals surface area contributed by atoms with Gasteiger partial charge in [-0.2, -0.15) is 13.2 Å². The van der Waals surface area contributed by atoms with Crippen molar-refractivity contribution in [2.24, 2.45) is 5.41 Å². The molecule has 112 valence electrons. The van der Waals surface area contributed by atoms with E-state index in [2.05, 4.69) is 10.3 Å². The van der Waals surface area contributed by atoms with Crippen LogP contribution in [-0.4, -0.2) is 22.6 Å². The molecule has 1 aromatic heterocycles. The van der Waals surface area contributed by atoms with Gasteiger partial charge in [-0.15, -0.1) is 0 Å². The average Bonchev–Trinajstić information content (AvgIpc) is 2.39. The van der Waals surface area contributed by atoms with Crippen LogP contribution in [0.4, 0.5) is 19.0 Å². The Morgan fingerprint density at radius 2 is 1.90 bits per heavy atom. The van der Waals surface area contributed by atoms with E-state index in [9.17, 15) is 23.1 Å². The summed E-state index contributed by atoms with van der Waals surface area (Å²) in [5, 5.41) is 11.9. The fraction of sp³-hybridized carbons (Fsp3) is 0.538. The second-order valence-electron chi connectivity index (χ2n) is 4.55. The van der Waals surface area contributed by atoms with Gasteiger partial charge in [-0.05, 0) is 25.0 Å². The summed E-state index contributed by atoms with van der Waals surface area (Å²) in [5.41, 5.74) is -2.01. The summed E-state index contributed by atoms with van der Waals surface area (Å²) < 4.78 is 37.6. The standard InChI is InChI=1S/C13H17F3N2O2/c1-3-12(4-2,11(19)20)8-17-10-7-5-6-9(18-10)13(14,15)16/h5-7H,3-4,8H2,1-2H3,(H,17,18)(H,19,20). The van der Waals surface area contributed by atoms with Gasteiger partial charge in [-0.1, -0.05) is 19.9 Å². The maximum Gasteiger partial charge on any atom is 0.433 e. The number of halogens is 3. The molecule has 2 N–H and O–H groups in total. The molecule has 0 fully saturated rings. The Kier molecular flexibility index (Phi) is 4.97. The summed E-state index contributed by atoms with van der Waals surface area (Å²) in [5.74, 6) is -0.950. The molecule has 0 aromatic carbocycles. The molecule has 0 aliphatic rings. The minimum atomic E-state index is -4.52. The van der Waals surface area contributed by atoms with Crippen molar-refractivity contribution in [3.8, 4) is 0 Å². The number of carboxylic acid groups (broad SMARTS) is 1. The van der Waals surface area contributed by atoms with Gasteiger partial charge < -0.3 is 10.4 Å². The van der Waals surface area contributed by atoms with E-state index in [1.54, 1.807) is 13.8 Å². The first-order chi connectivity index (χ1) is 9.25. The van der Waals surface area contributed by atoms with Gasteiger partial charge in [0.25, 0.3) is 0 Å². The molecule has 0 aliphatic carbocycles. The summed E-state index contributed by atoms with van der Waals surface area (Å²) in [6, 6.07) is 3.49. The van der Waals surface area contributed by atoms with Crippen LogP contribution in [0.2, 0.25) is 0 Å². The van der Waals surface area contributed by atoms with Crippen molar-refractivity contribution in [3.05, 3.63) is 23.9 Å². The lowest BCUT2D eigenvalue weighted by atomic mass is 9.82. The topological polar surface area (TPSA) is 62.2 Å². The third kappa shape index (κ3) is 3.61. The smallest absolute Gasteiger partial charge is 0.433 e. The van der Waals surface area contributed by atoms with Gasteiger partial charge in [0.1, 0.15) is 11.5 Å². The number of alkyl halides is 3. The first kappa shape index (κ1) is 16.3. The zero-order valence-electron chi connectivity index (χ0n) is 11.3. The number of aromatic nitrogens is 1. The first-order valence-corrected chi connectivity index (χ1v) is 6.26. The molecule has 0 bridgehead atoms. The van der Waals surface area contributed by atoms with Crippen LogP contribution in [0.1, 0.15) is 32.4 Å². The van der Waals surface area contributed by atoms with Crippen LogP contribution in [0, 0.1) is 5.41 Å². The van der Waals surface area contributed by atoms with E-state index in [-0.39, 0.29) is 12.4 Å². The summed E-state index contributed by atoms with van der Waals surface area (Å²) >= 11 is 0. The maximum absolute atomic E-state index is 12.5. The Bertz CT molecular complexity index is 471. The van der Waals surface area contributed by atoms with Crippen molar-refractivity contribution in [2.45, 2.75) is 32.9 Å².